The lowest BCUT2D eigenvalue weighted by Crippen LogP contribution is -2.26. The minimum atomic E-state index is 0.466. The first kappa shape index (κ1) is 12.0. The fourth-order valence-electron chi connectivity index (χ4n) is 1.23. The number of nitrogens with zero attached hydrogens (tertiary/aromatic N) is 2. The van der Waals surface area contributed by atoms with Crippen LogP contribution < -0.4 is 0 Å². The van der Waals surface area contributed by atoms with Crippen LogP contribution in [-0.2, 0) is 6.54 Å². The molecule has 0 saturated carbocycles. The van der Waals surface area contributed by atoms with E-state index < -0.39 is 0 Å². The highest BCUT2D eigenvalue weighted by molar-refractivity contribution is 8.10. The fraction of sp³-hybridized carbons (Fsp3) is 0.273. The molecular weight excluding hydrogens is 224 g/mol. The molecule has 0 radical (unpaired) electrons. The van der Waals surface area contributed by atoms with Gasteiger partial charge in [0.1, 0.15) is 4.32 Å². The summed E-state index contributed by atoms with van der Waals surface area (Å²) in [5.41, 5.74) is 1.17. The maximum absolute atomic E-state index is 8.52. The summed E-state index contributed by atoms with van der Waals surface area (Å²) in [5.74, 6) is 0. The molecule has 1 rings (SSSR count). The van der Waals surface area contributed by atoms with E-state index in [1.165, 1.54) is 5.56 Å². The van der Waals surface area contributed by atoms with E-state index in [-0.39, 0.29) is 0 Å². The number of benzene rings is 1. The van der Waals surface area contributed by atoms with Gasteiger partial charge in [0.25, 0.3) is 0 Å². The Bertz CT molecular complexity index is 357. The first-order chi connectivity index (χ1) is 7.24. The van der Waals surface area contributed by atoms with E-state index in [2.05, 4.69) is 18.7 Å². The molecule has 4 heteroatoms. The van der Waals surface area contributed by atoms with Gasteiger partial charge < -0.3 is 4.90 Å². The molecule has 0 saturated heterocycles. The summed E-state index contributed by atoms with van der Waals surface area (Å²) in [5, 5.41) is 8.52. The molecule has 78 valence electrons. The summed E-state index contributed by atoms with van der Waals surface area (Å²) >= 11 is 9.15. The van der Waals surface area contributed by atoms with Crippen molar-refractivity contribution in [3.05, 3.63) is 35.9 Å². The molecule has 2 nitrogen and oxygen atoms in total. The Hall–Kier alpha value is -1.05. The van der Waals surface area contributed by atoms with Crippen molar-refractivity contribution in [2.75, 3.05) is 6.54 Å². The van der Waals surface area contributed by atoms with Crippen LogP contribution in [0.25, 0.3) is 0 Å². The Morgan fingerprint density at radius 2 is 2.07 bits per heavy atom. The Balaban J connectivity index is 2.60. The molecule has 0 aliphatic rings. The van der Waals surface area contributed by atoms with Crippen molar-refractivity contribution >= 4 is 29.2 Å². The standard InChI is InChI=1S/C11H12N2S2/c12-7-4-8-13(11(14)15)9-10-5-2-1-3-6-10/h1-3,5-6H,4,8-9H2,(H,14,15). The van der Waals surface area contributed by atoms with Crippen molar-refractivity contribution in [2.24, 2.45) is 0 Å². The number of thiocarbonyl (C=S) groups is 1. The van der Waals surface area contributed by atoms with E-state index in [4.69, 9.17) is 17.5 Å². The van der Waals surface area contributed by atoms with Gasteiger partial charge in [-0.15, -0.1) is 12.6 Å². The molecule has 0 spiro atoms. The zero-order valence-electron chi connectivity index (χ0n) is 8.26. The van der Waals surface area contributed by atoms with Crippen molar-refractivity contribution in [3.8, 4) is 6.07 Å². The largest absolute Gasteiger partial charge is 0.352 e. The molecule has 0 unspecified atom stereocenters. The van der Waals surface area contributed by atoms with Crippen LogP contribution in [0.15, 0.2) is 30.3 Å². The predicted octanol–water partition coefficient (Wildman–Crippen LogP) is 2.62. The van der Waals surface area contributed by atoms with E-state index in [0.717, 1.165) is 0 Å². The van der Waals surface area contributed by atoms with Crippen LogP contribution in [0.3, 0.4) is 0 Å². The molecule has 15 heavy (non-hydrogen) atoms. The Morgan fingerprint density at radius 1 is 1.40 bits per heavy atom. The molecule has 0 aromatic heterocycles. The Labute approximate surface area is 101 Å². The zero-order chi connectivity index (χ0) is 11.1. The second-order valence-electron chi connectivity index (χ2n) is 3.10. The third kappa shape index (κ3) is 4.32. The quantitative estimate of drug-likeness (QED) is 0.643. The summed E-state index contributed by atoms with van der Waals surface area (Å²) in [4.78, 5) is 1.91. The minimum Gasteiger partial charge on any atom is -0.352 e. The van der Waals surface area contributed by atoms with Crippen LogP contribution in [0.4, 0.5) is 0 Å². The smallest absolute Gasteiger partial charge is 0.133 e. The van der Waals surface area contributed by atoms with Gasteiger partial charge in [-0.3, -0.25) is 0 Å². The van der Waals surface area contributed by atoms with Crippen LogP contribution in [0.2, 0.25) is 0 Å². The van der Waals surface area contributed by atoms with Gasteiger partial charge in [-0.05, 0) is 5.56 Å². The number of hydrogen-bond acceptors (Lipinski definition) is 2. The fourth-order valence-corrected chi connectivity index (χ4v) is 1.56. The molecule has 0 N–H and O–H groups in total. The molecule has 0 atom stereocenters. The summed E-state index contributed by atoms with van der Waals surface area (Å²) in [7, 11) is 0. The van der Waals surface area contributed by atoms with Gasteiger partial charge in [-0.25, -0.2) is 0 Å². The highest BCUT2D eigenvalue weighted by atomic mass is 32.1. The molecular formula is C11H12N2S2. The first-order valence-corrected chi connectivity index (χ1v) is 5.48. The van der Waals surface area contributed by atoms with Crippen LogP contribution in [-0.4, -0.2) is 15.8 Å². The van der Waals surface area contributed by atoms with Gasteiger partial charge in [-0.2, -0.15) is 5.26 Å². The lowest BCUT2D eigenvalue weighted by Gasteiger charge is -2.21. The van der Waals surface area contributed by atoms with E-state index in [9.17, 15) is 0 Å². The molecule has 0 bridgehead atoms. The monoisotopic (exact) mass is 236 g/mol. The van der Waals surface area contributed by atoms with Gasteiger partial charge >= 0.3 is 0 Å². The summed E-state index contributed by atoms with van der Waals surface area (Å²) < 4.78 is 0.536. The van der Waals surface area contributed by atoms with E-state index >= 15 is 0 Å². The van der Waals surface area contributed by atoms with Crippen molar-refractivity contribution < 1.29 is 0 Å². The molecule has 0 aliphatic heterocycles. The first-order valence-electron chi connectivity index (χ1n) is 4.63. The topological polar surface area (TPSA) is 27.0 Å². The average Bonchev–Trinajstić information content (AvgIpc) is 2.25. The molecule has 0 amide bonds. The van der Waals surface area contributed by atoms with Crippen LogP contribution in [0.5, 0.6) is 0 Å². The number of nitriles is 1. The van der Waals surface area contributed by atoms with Gasteiger partial charge in [0, 0.05) is 13.1 Å². The van der Waals surface area contributed by atoms with E-state index in [1.54, 1.807) is 0 Å². The summed E-state index contributed by atoms with van der Waals surface area (Å²) in [6.07, 6.45) is 0.466. The molecule has 1 aromatic carbocycles. The summed E-state index contributed by atoms with van der Waals surface area (Å²) in [6.45, 7) is 1.35. The van der Waals surface area contributed by atoms with E-state index in [0.29, 0.717) is 23.8 Å². The second kappa shape index (κ2) is 6.44. The van der Waals surface area contributed by atoms with Gasteiger partial charge in [0.2, 0.25) is 0 Å². The van der Waals surface area contributed by atoms with Crippen LogP contribution in [0.1, 0.15) is 12.0 Å². The maximum atomic E-state index is 8.52. The SMILES string of the molecule is N#CCCN(Cc1ccccc1)C(=S)S. The number of hydrogen-bond donors (Lipinski definition) is 1. The number of thiol groups is 1. The lowest BCUT2D eigenvalue weighted by atomic mass is 10.2. The van der Waals surface area contributed by atoms with Crippen molar-refractivity contribution in [1.29, 1.82) is 5.26 Å². The Kier molecular flexibility index (Phi) is 5.16. The maximum Gasteiger partial charge on any atom is 0.133 e. The zero-order valence-corrected chi connectivity index (χ0v) is 9.97. The highest BCUT2D eigenvalue weighted by Crippen LogP contribution is 2.07. The lowest BCUT2D eigenvalue weighted by molar-refractivity contribution is 0.437. The predicted molar refractivity (Wildman–Crippen MR) is 68.7 cm³/mol. The molecule has 0 fully saturated rings. The van der Waals surface area contributed by atoms with Crippen molar-refractivity contribution in [1.82, 2.24) is 4.90 Å². The highest BCUT2D eigenvalue weighted by Gasteiger charge is 2.06. The minimum absolute atomic E-state index is 0.466. The molecule has 0 heterocycles. The molecule has 0 aliphatic carbocycles. The molecule has 1 aromatic rings. The third-order valence-corrected chi connectivity index (χ3v) is 2.52. The van der Waals surface area contributed by atoms with Gasteiger partial charge in [0.15, 0.2) is 0 Å². The normalized spacial score (nSPS) is 9.33. The van der Waals surface area contributed by atoms with Crippen molar-refractivity contribution in [2.45, 2.75) is 13.0 Å². The van der Waals surface area contributed by atoms with Crippen LogP contribution >= 0.6 is 24.8 Å². The van der Waals surface area contributed by atoms with E-state index in [1.807, 2.05) is 35.2 Å². The van der Waals surface area contributed by atoms with Crippen molar-refractivity contribution in [3.63, 3.8) is 0 Å². The summed E-state index contributed by atoms with van der Waals surface area (Å²) in [6, 6.07) is 12.1. The number of rotatable bonds is 4. The van der Waals surface area contributed by atoms with Gasteiger partial charge in [0.05, 0.1) is 12.5 Å². The Morgan fingerprint density at radius 3 is 2.60 bits per heavy atom. The van der Waals surface area contributed by atoms with Crippen LogP contribution in [0, 0.1) is 11.3 Å². The van der Waals surface area contributed by atoms with Gasteiger partial charge in [-0.1, -0.05) is 42.5 Å². The average molecular weight is 236 g/mol. The third-order valence-electron chi connectivity index (χ3n) is 1.98. The second-order valence-corrected chi connectivity index (χ2v) is 4.21.